The molecule has 0 unspecified atom stereocenters. The van der Waals surface area contributed by atoms with Crippen molar-refractivity contribution in [2.24, 2.45) is 45.4 Å². The Bertz CT molecular complexity index is 751. The van der Waals surface area contributed by atoms with Crippen molar-refractivity contribution in [3.05, 3.63) is 11.6 Å². The largest absolute Gasteiger partial charge is 0.395 e. The number of ketones is 1. The van der Waals surface area contributed by atoms with Gasteiger partial charge in [0.25, 0.3) is 0 Å². The first kappa shape index (κ1) is 19.6. The smallest absolute Gasteiger partial charge is 0.139 e. The van der Waals surface area contributed by atoms with Crippen LogP contribution in [0.25, 0.3) is 0 Å². The average Bonchev–Trinajstić information content (AvgIpc) is 2.98. The summed E-state index contributed by atoms with van der Waals surface area (Å²) in [6.07, 6.45) is 9.68. The van der Waals surface area contributed by atoms with Crippen LogP contribution in [0, 0.1) is 45.8 Å². The number of nitrogens with two attached hydrogens (primary N) is 1. The van der Waals surface area contributed by atoms with E-state index in [1.165, 1.54) is 5.57 Å². The lowest BCUT2D eigenvalue weighted by atomic mass is 9.44. The fourth-order valence-electron chi connectivity index (χ4n) is 7.25. The number of nitrogens with zero attached hydrogens (tertiary/aromatic N) is 2. The zero-order valence-electron chi connectivity index (χ0n) is 17.2. The van der Waals surface area contributed by atoms with Gasteiger partial charge in [-0.15, -0.1) is 0 Å². The number of nitriles is 1. The first-order chi connectivity index (χ1) is 13.4. The standard InChI is InChI=1S/C23H33N3O2/c1-22-8-5-16(26-28-12-11-25)14-20(22)15(7-10-24)13-17-18-3-4-21(27)23(18,2)9-6-19(17)22/h7,17-20H,3-6,8-9,11-14,25H2,1-2H3/b15-7+,26-16+/t17-,18-,19-,20+,22+,23-/m0/s1. The fourth-order valence-corrected chi connectivity index (χ4v) is 7.25. The molecular formula is C23H33N3O2. The van der Waals surface area contributed by atoms with Crippen LogP contribution in [-0.2, 0) is 9.63 Å². The van der Waals surface area contributed by atoms with Gasteiger partial charge in [0, 0.05) is 24.5 Å². The van der Waals surface area contributed by atoms with Crippen LogP contribution in [-0.4, -0.2) is 24.6 Å². The van der Waals surface area contributed by atoms with Gasteiger partial charge in [0.15, 0.2) is 0 Å². The highest BCUT2D eigenvalue weighted by Crippen LogP contribution is 2.66. The molecule has 4 rings (SSSR count). The topological polar surface area (TPSA) is 88.5 Å². The van der Waals surface area contributed by atoms with Gasteiger partial charge in [0.2, 0.25) is 0 Å². The van der Waals surface area contributed by atoms with E-state index in [1.807, 2.05) is 0 Å². The fraction of sp³-hybridized carbons (Fsp3) is 0.783. The molecule has 5 nitrogen and oxygen atoms in total. The Kier molecular flexibility index (Phi) is 5.12. The van der Waals surface area contributed by atoms with E-state index in [0.29, 0.717) is 42.6 Å². The van der Waals surface area contributed by atoms with E-state index >= 15 is 0 Å². The molecule has 0 heterocycles. The quantitative estimate of drug-likeness (QED) is 0.453. The van der Waals surface area contributed by atoms with Gasteiger partial charge in [0.1, 0.15) is 12.4 Å². The number of oxime groups is 1. The first-order valence-electron chi connectivity index (χ1n) is 10.9. The molecule has 4 aliphatic rings. The summed E-state index contributed by atoms with van der Waals surface area (Å²) in [5, 5.41) is 13.8. The molecule has 4 aliphatic carbocycles. The Labute approximate surface area is 168 Å². The summed E-state index contributed by atoms with van der Waals surface area (Å²) in [7, 11) is 0. The van der Waals surface area contributed by atoms with Crippen LogP contribution < -0.4 is 5.73 Å². The van der Waals surface area contributed by atoms with Gasteiger partial charge in [-0.05, 0) is 74.0 Å². The lowest BCUT2D eigenvalue weighted by molar-refractivity contribution is -0.134. The third-order valence-corrected chi connectivity index (χ3v) is 8.75. The molecule has 4 saturated carbocycles. The van der Waals surface area contributed by atoms with Crippen LogP contribution in [0.2, 0.25) is 0 Å². The average molecular weight is 384 g/mol. The number of Topliss-reactive ketones (excluding diaryl/α,β-unsaturated/α-hetero) is 1. The second-order valence-electron chi connectivity index (χ2n) is 9.89. The van der Waals surface area contributed by atoms with Crippen LogP contribution >= 0.6 is 0 Å². The zero-order chi connectivity index (χ0) is 19.9. The number of hydrogen-bond donors (Lipinski definition) is 1. The van der Waals surface area contributed by atoms with E-state index in [2.05, 4.69) is 25.1 Å². The Morgan fingerprint density at radius 2 is 2.07 bits per heavy atom. The molecule has 0 saturated heterocycles. The minimum atomic E-state index is -0.126. The number of carbonyl (C=O) groups excluding carboxylic acids is 1. The second-order valence-corrected chi connectivity index (χ2v) is 9.89. The van der Waals surface area contributed by atoms with Crippen LogP contribution in [0.15, 0.2) is 16.8 Å². The van der Waals surface area contributed by atoms with E-state index in [4.69, 9.17) is 10.6 Å². The van der Waals surface area contributed by atoms with Crippen molar-refractivity contribution in [2.75, 3.05) is 13.2 Å². The number of fused-ring (bicyclic) bond motifs is 5. The summed E-state index contributed by atoms with van der Waals surface area (Å²) >= 11 is 0. The molecular weight excluding hydrogens is 350 g/mol. The molecule has 5 heteroatoms. The van der Waals surface area contributed by atoms with Crippen molar-refractivity contribution < 1.29 is 9.63 Å². The minimum Gasteiger partial charge on any atom is -0.395 e. The summed E-state index contributed by atoms with van der Waals surface area (Å²) < 4.78 is 0. The highest BCUT2D eigenvalue weighted by atomic mass is 16.6. The Morgan fingerprint density at radius 1 is 1.25 bits per heavy atom. The normalized spacial score (nSPS) is 45.3. The molecule has 6 atom stereocenters. The zero-order valence-corrected chi connectivity index (χ0v) is 17.2. The maximum atomic E-state index is 12.6. The van der Waals surface area contributed by atoms with Crippen molar-refractivity contribution in [1.82, 2.24) is 0 Å². The van der Waals surface area contributed by atoms with E-state index in [0.717, 1.165) is 57.1 Å². The van der Waals surface area contributed by atoms with E-state index in [9.17, 15) is 10.1 Å². The Balaban J connectivity index is 1.64. The highest BCUT2D eigenvalue weighted by molar-refractivity contribution is 5.87. The van der Waals surface area contributed by atoms with Crippen molar-refractivity contribution in [3.8, 4) is 6.07 Å². The number of rotatable bonds is 3. The van der Waals surface area contributed by atoms with Crippen molar-refractivity contribution in [3.63, 3.8) is 0 Å². The maximum Gasteiger partial charge on any atom is 0.139 e. The van der Waals surface area contributed by atoms with Crippen LogP contribution in [0.1, 0.15) is 65.2 Å². The van der Waals surface area contributed by atoms with E-state index in [1.54, 1.807) is 6.08 Å². The third kappa shape index (κ3) is 2.92. The van der Waals surface area contributed by atoms with Crippen LogP contribution in [0.3, 0.4) is 0 Å². The predicted molar refractivity (Wildman–Crippen MR) is 108 cm³/mol. The molecule has 28 heavy (non-hydrogen) atoms. The van der Waals surface area contributed by atoms with Gasteiger partial charge in [-0.1, -0.05) is 24.6 Å². The lowest BCUT2D eigenvalue weighted by Crippen LogP contribution is -2.54. The number of carbonyl (C=O) groups is 1. The Morgan fingerprint density at radius 3 is 2.82 bits per heavy atom. The molecule has 0 bridgehead atoms. The van der Waals surface area contributed by atoms with Gasteiger partial charge in [-0.25, -0.2) is 0 Å². The number of hydrogen-bond acceptors (Lipinski definition) is 5. The summed E-state index contributed by atoms with van der Waals surface area (Å²) in [5.41, 5.74) is 7.95. The number of allylic oxidation sites excluding steroid dienone is 2. The molecule has 0 aromatic rings. The molecule has 0 radical (unpaired) electrons. The SMILES string of the molecule is C[C@]12CC/C(=N\OCCN)C[C@@H]1/C(=C/C#N)C[C@@H]1[C@@H]2CC[C@]2(C)C(=O)CC[C@@H]12. The van der Waals surface area contributed by atoms with Crippen molar-refractivity contribution >= 4 is 11.5 Å². The monoisotopic (exact) mass is 383 g/mol. The Hall–Kier alpha value is -1.67. The highest BCUT2D eigenvalue weighted by Gasteiger charge is 2.61. The molecule has 0 aromatic heterocycles. The molecule has 152 valence electrons. The minimum absolute atomic E-state index is 0.126. The summed E-state index contributed by atoms with van der Waals surface area (Å²) in [4.78, 5) is 18.0. The van der Waals surface area contributed by atoms with Crippen LogP contribution in [0.4, 0.5) is 0 Å². The summed E-state index contributed by atoms with van der Waals surface area (Å²) in [5.74, 6) is 2.51. The molecule has 0 amide bonds. The summed E-state index contributed by atoms with van der Waals surface area (Å²) in [6, 6.07) is 2.31. The van der Waals surface area contributed by atoms with Gasteiger partial charge in [-0.3, -0.25) is 4.79 Å². The molecule has 2 N–H and O–H groups in total. The van der Waals surface area contributed by atoms with E-state index < -0.39 is 0 Å². The van der Waals surface area contributed by atoms with Gasteiger partial charge < -0.3 is 10.6 Å². The van der Waals surface area contributed by atoms with Crippen molar-refractivity contribution in [2.45, 2.75) is 65.2 Å². The first-order valence-corrected chi connectivity index (χ1v) is 10.9. The van der Waals surface area contributed by atoms with Crippen molar-refractivity contribution in [1.29, 1.82) is 5.26 Å². The molecule has 4 fully saturated rings. The van der Waals surface area contributed by atoms with Crippen LogP contribution in [0.5, 0.6) is 0 Å². The predicted octanol–water partition coefficient (Wildman–Crippen LogP) is 3.99. The second kappa shape index (κ2) is 7.30. The summed E-state index contributed by atoms with van der Waals surface area (Å²) in [6.45, 7) is 5.58. The van der Waals surface area contributed by atoms with E-state index in [-0.39, 0.29) is 10.8 Å². The lowest BCUT2D eigenvalue weighted by Gasteiger charge is -2.60. The molecule has 0 aromatic carbocycles. The molecule has 0 spiro atoms. The van der Waals surface area contributed by atoms with Gasteiger partial charge in [0.05, 0.1) is 11.8 Å². The maximum absolute atomic E-state index is 12.6. The third-order valence-electron chi connectivity index (χ3n) is 8.75. The van der Waals surface area contributed by atoms with Gasteiger partial charge in [-0.2, -0.15) is 5.26 Å². The van der Waals surface area contributed by atoms with Gasteiger partial charge >= 0.3 is 0 Å². The molecule has 0 aliphatic heterocycles.